The van der Waals surface area contributed by atoms with Gasteiger partial charge in [-0.2, -0.15) is 0 Å². The van der Waals surface area contributed by atoms with Crippen molar-refractivity contribution in [3.05, 3.63) is 16.6 Å². The first-order valence-electron chi connectivity index (χ1n) is 6.33. The smallest absolute Gasteiger partial charge is 0.308 e. The zero-order chi connectivity index (χ0) is 13.8. The van der Waals surface area contributed by atoms with Crippen LogP contribution in [0.2, 0.25) is 0 Å². The van der Waals surface area contributed by atoms with Crippen LogP contribution in [-0.4, -0.2) is 29.2 Å². The lowest BCUT2D eigenvalue weighted by atomic mass is 9.87. The Bertz CT molecular complexity index is 467. The van der Waals surface area contributed by atoms with Crippen molar-refractivity contribution in [2.45, 2.75) is 38.7 Å². The highest BCUT2D eigenvalue weighted by atomic mass is 79.9. The van der Waals surface area contributed by atoms with E-state index in [9.17, 15) is 4.79 Å². The average molecular weight is 329 g/mol. The van der Waals surface area contributed by atoms with Crippen LogP contribution in [0.3, 0.4) is 0 Å². The molecule has 1 fully saturated rings. The van der Waals surface area contributed by atoms with Crippen LogP contribution < -0.4 is 4.74 Å². The minimum atomic E-state index is -0.142. The SMILES string of the molecule is COC(=O)[C@H]1CCC[C@H](Oc2cnc(Br)nc2C)C1. The van der Waals surface area contributed by atoms with E-state index in [1.807, 2.05) is 6.92 Å². The van der Waals surface area contributed by atoms with Crippen molar-refractivity contribution in [1.82, 2.24) is 9.97 Å². The Kier molecular flexibility index (Phi) is 4.74. The van der Waals surface area contributed by atoms with E-state index in [1.54, 1.807) is 6.20 Å². The van der Waals surface area contributed by atoms with Gasteiger partial charge in [0.15, 0.2) is 10.5 Å². The zero-order valence-electron chi connectivity index (χ0n) is 11.1. The van der Waals surface area contributed by atoms with Crippen LogP contribution in [0.4, 0.5) is 0 Å². The molecule has 1 aliphatic carbocycles. The summed E-state index contributed by atoms with van der Waals surface area (Å²) in [6.07, 6.45) is 5.18. The Balaban J connectivity index is 2.00. The van der Waals surface area contributed by atoms with Crippen LogP contribution in [0.5, 0.6) is 5.75 Å². The summed E-state index contributed by atoms with van der Waals surface area (Å²) < 4.78 is 11.3. The highest BCUT2D eigenvalue weighted by Gasteiger charge is 2.29. The first kappa shape index (κ1) is 14.2. The van der Waals surface area contributed by atoms with Crippen molar-refractivity contribution in [3.8, 4) is 5.75 Å². The summed E-state index contributed by atoms with van der Waals surface area (Å²) >= 11 is 3.22. The second-order valence-corrected chi connectivity index (χ2v) is 5.42. The van der Waals surface area contributed by atoms with Gasteiger partial charge < -0.3 is 9.47 Å². The van der Waals surface area contributed by atoms with E-state index in [0.29, 0.717) is 16.9 Å². The number of aryl methyl sites for hydroxylation is 1. The summed E-state index contributed by atoms with van der Waals surface area (Å²) in [5, 5.41) is 0. The van der Waals surface area contributed by atoms with Gasteiger partial charge in [0.05, 0.1) is 31.0 Å². The number of methoxy groups -OCH3 is 1. The number of halogens is 1. The predicted octanol–water partition coefficient (Wildman–Crippen LogP) is 2.66. The molecule has 2 rings (SSSR count). The fourth-order valence-corrected chi connectivity index (χ4v) is 2.72. The van der Waals surface area contributed by atoms with E-state index in [-0.39, 0.29) is 18.0 Å². The van der Waals surface area contributed by atoms with Crippen molar-refractivity contribution < 1.29 is 14.3 Å². The lowest BCUT2D eigenvalue weighted by Crippen LogP contribution is -2.30. The van der Waals surface area contributed by atoms with Crippen molar-refractivity contribution in [3.63, 3.8) is 0 Å². The summed E-state index contributed by atoms with van der Waals surface area (Å²) in [5.74, 6) is 0.483. The summed E-state index contributed by atoms with van der Waals surface area (Å²) in [6, 6.07) is 0. The molecular formula is C13H17BrN2O3. The summed E-state index contributed by atoms with van der Waals surface area (Å²) in [6.45, 7) is 1.88. The maximum Gasteiger partial charge on any atom is 0.308 e. The van der Waals surface area contributed by atoms with Gasteiger partial charge >= 0.3 is 5.97 Å². The molecule has 104 valence electrons. The van der Waals surface area contributed by atoms with E-state index in [2.05, 4.69) is 25.9 Å². The number of ether oxygens (including phenoxy) is 2. The minimum Gasteiger partial charge on any atom is -0.487 e. The van der Waals surface area contributed by atoms with Crippen LogP contribution in [0.1, 0.15) is 31.4 Å². The Labute approximate surface area is 120 Å². The Morgan fingerprint density at radius 2 is 2.26 bits per heavy atom. The summed E-state index contributed by atoms with van der Waals surface area (Å²) in [7, 11) is 1.43. The molecule has 1 aromatic heterocycles. The number of carbonyl (C=O) groups is 1. The first-order valence-corrected chi connectivity index (χ1v) is 7.13. The fraction of sp³-hybridized carbons (Fsp3) is 0.615. The first-order chi connectivity index (χ1) is 9.10. The van der Waals surface area contributed by atoms with Crippen LogP contribution >= 0.6 is 15.9 Å². The van der Waals surface area contributed by atoms with Gasteiger partial charge in [-0.15, -0.1) is 0 Å². The minimum absolute atomic E-state index is 0.0290. The Morgan fingerprint density at radius 1 is 1.47 bits per heavy atom. The molecule has 1 heterocycles. The van der Waals surface area contributed by atoms with Crippen molar-refractivity contribution >= 4 is 21.9 Å². The second kappa shape index (κ2) is 6.32. The van der Waals surface area contributed by atoms with Gasteiger partial charge in [-0.1, -0.05) is 0 Å². The van der Waals surface area contributed by atoms with Crippen LogP contribution in [0.15, 0.2) is 10.9 Å². The largest absolute Gasteiger partial charge is 0.487 e. The predicted molar refractivity (Wildman–Crippen MR) is 72.9 cm³/mol. The topological polar surface area (TPSA) is 61.3 Å². The van der Waals surface area contributed by atoms with Gasteiger partial charge in [-0.25, -0.2) is 9.97 Å². The number of carbonyl (C=O) groups excluding carboxylic acids is 1. The molecule has 0 radical (unpaired) electrons. The molecule has 0 bridgehead atoms. The third-order valence-corrected chi connectivity index (χ3v) is 3.74. The second-order valence-electron chi connectivity index (χ2n) is 4.72. The maximum absolute atomic E-state index is 11.6. The van der Waals surface area contributed by atoms with Crippen LogP contribution in [-0.2, 0) is 9.53 Å². The van der Waals surface area contributed by atoms with E-state index in [4.69, 9.17) is 9.47 Å². The number of hydrogen-bond acceptors (Lipinski definition) is 5. The molecular weight excluding hydrogens is 312 g/mol. The van der Waals surface area contributed by atoms with Gasteiger partial charge in [0.2, 0.25) is 0 Å². The average Bonchev–Trinajstić information content (AvgIpc) is 2.41. The molecule has 0 N–H and O–H groups in total. The molecule has 1 aromatic rings. The fourth-order valence-electron chi connectivity index (χ4n) is 2.36. The van der Waals surface area contributed by atoms with Crippen molar-refractivity contribution in [2.24, 2.45) is 5.92 Å². The summed E-state index contributed by atoms with van der Waals surface area (Å²) in [4.78, 5) is 19.8. The standard InChI is InChI=1S/C13H17BrN2O3/c1-8-11(7-15-13(14)16-8)19-10-5-3-4-9(6-10)12(17)18-2/h7,9-10H,3-6H2,1-2H3/t9-,10-/m0/s1. The number of hydrogen-bond donors (Lipinski definition) is 0. The molecule has 6 heteroatoms. The van der Waals surface area contributed by atoms with E-state index < -0.39 is 0 Å². The molecule has 0 aromatic carbocycles. The van der Waals surface area contributed by atoms with Crippen molar-refractivity contribution in [1.29, 1.82) is 0 Å². The quantitative estimate of drug-likeness (QED) is 0.630. The van der Waals surface area contributed by atoms with Crippen LogP contribution in [0, 0.1) is 12.8 Å². The monoisotopic (exact) mass is 328 g/mol. The van der Waals surface area contributed by atoms with E-state index >= 15 is 0 Å². The summed E-state index contributed by atoms with van der Waals surface area (Å²) in [5.41, 5.74) is 0.794. The highest BCUT2D eigenvalue weighted by molar-refractivity contribution is 9.10. The molecule has 0 amide bonds. The third kappa shape index (κ3) is 3.65. The molecule has 1 saturated carbocycles. The Morgan fingerprint density at radius 3 is 2.95 bits per heavy atom. The lowest BCUT2D eigenvalue weighted by Gasteiger charge is -2.28. The third-order valence-electron chi connectivity index (χ3n) is 3.36. The number of rotatable bonds is 3. The van der Waals surface area contributed by atoms with Gasteiger partial charge in [0, 0.05) is 0 Å². The maximum atomic E-state index is 11.6. The van der Waals surface area contributed by atoms with E-state index in [0.717, 1.165) is 25.0 Å². The Hall–Kier alpha value is -1.17. The van der Waals surface area contributed by atoms with Gasteiger partial charge in [0.25, 0.3) is 0 Å². The molecule has 0 saturated heterocycles. The van der Waals surface area contributed by atoms with Crippen molar-refractivity contribution in [2.75, 3.05) is 7.11 Å². The zero-order valence-corrected chi connectivity index (χ0v) is 12.6. The number of nitrogens with zero attached hydrogens (tertiary/aromatic N) is 2. The van der Waals surface area contributed by atoms with E-state index in [1.165, 1.54) is 7.11 Å². The molecule has 19 heavy (non-hydrogen) atoms. The lowest BCUT2D eigenvalue weighted by molar-refractivity contribution is -0.147. The van der Waals surface area contributed by atoms with Gasteiger partial charge in [0.1, 0.15) is 0 Å². The van der Waals surface area contributed by atoms with Gasteiger partial charge in [-0.05, 0) is 48.5 Å². The number of esters is 1. The van der Waals surface area contributed by atoms with Gasteiger partial charge in [-0.3, -0.25) is 4.79 Å². The highest BCUT2D eigenvalue weighted by Crippen LogP contribution is 2.29. The molecule has 0 unspecified atom stereocenters. The molecule has 1 aliphatic rings. The molecule has 0 aliphatic heterocycles. The normalized spacial score (nSPS) is 22.9. The molecule has 2 atom stereocenters. The molecule has 5 nitrogen and oxygen atoms in total. The van der Waals surface area contributed by atoms with Crippen LogP contribution in [0.25, 0.3) is 0 Å². The molecule has 0 spiro atoms. The number of aromatic nitrogens is 2.